The van der Waals surface area contributed by atoms with Gasteiger partial charge in [-0.05, 0) is 58.1 Å². The molecule has 26 heavy (non-hydrogen) atoms. The molecule has 1 heterocycles. The average molecular weight is 362 g/mol. The summed E-state index contributed by atoms with van der Waals surface area (Å²) in [6.45, 7) is 6.98. The standard InChI is InChI=1S/C20H30N2O4/c1-20(2,3)26-19(24)22-13-7-8-15(14-22)11-12-18(23)21-16-9-5-6-10-17(16)25-4/h5-6,9-10,15H,7-8,11-14H2,1-4H3,(H,21,23). The first-order valence-corrected chi connectivity index (χ1v) is 9.19. The molecule has 0 saturated carbocycles. The van der Waals surface area contributed by atoms with E-state index in [0.29, 0.717) is 30.3 Å². The maximum atomic E-state index is 12.3. The summed E-state index contributed by atoms with van der Waals surface area (Å²) in [7, 11) is 1.58. The predicted octanol–water partition coefficient (Wildman–Crippen LogP) is 4.06. The van der Waals surface area contributed by atoms with Crippen molar-refractivity contribution in [3.63, 3.8) is 0 Å². The lowest BCUT2D eigenvalue weighted by molar-refractivity contribution is -0.116. The Morgan fingerprint density at radius 3 is 2.69 bits per heavy atom. The molecule has 0 bridgehead atoms. The Kier molecular flexibility index (Phi) is 6.89. The molecule has 1 aliphatic heterocycles. The number of benzene rings is 1. The minimum Gasteiger partial charge on any atom is -0.495 e. The van der Waals surface area contributed by atoms with Gasteiger partial charge >= 0.3 is 6.09 Å². The van der Waals surface area contributed by atoms with Gasteiger partial charge in [0.1, 0.15) is 11.4 Å². The number of anilines is 1. The largest absolute Gasteiger partial charge is 0.495 e. The van der Waals surface area contributed by atoms with E-state index in [1.807, 2.05) is 45.0 Å². The van der Waals surface area contributed by atoms with Gasteiger partial charge in [-0.1, -0.05) is 12.1 Å². The number of para-hydroxylation sites is 2. The molecule has 1 aliphatic rings. The summed E-state index contributed by atoms with van der Waals surface area (Å²) < 4.78 is 10.7. The first kappa shape index (κ1) is 20.1. The molecule has 0 spiro atoms. The van der Waals surface area contributed by atoms with Crippen LogP contribution in [0.1, 0.15) is 46.5 Å². The predicted molar refractivity (Wildman–Crippen MR) is 101 cm³/mol. The van der Waals surface area contributed by atoms with Gasteiger partial charge in [-0.3, -0.25) is 4.79 Å². The highest BCUT2D eigenvalue weighted by molar-refractivity contribution is 5.92. The van der Waals surface area contributed by atoms with Crippen molar-refractivity contribution in [2.75, 3.05) is 25.5 Å². The SMILES string of the molecule is COc1ccccc1NC(=O)CCC1CCCN(C(=O)OC(C)(C)C)C1. The van der Waals surface area contributed by atoms with Crippen LogP contribution in [0.4, 0.5) is 10.5 Å². The molecule has 144 valence electrons. The second kappa shape index (κ2) is 8.92. The summed E-state index contributed by atoms with van der Waals surface area (Å²) in [6, 6.07) is 7.36. The van der Waals surface area contributed by atoms with E-state index in [2.05, 4.69) is 5.32 Å². The number of methoxy groups -OCH3 is 1. The molecule has 6 heteroatoms. The highest BCUT2D eigenvalue weighted by Crippen LogP contribution is 2.25. The molecule has 1 fully saturated rings. The number of ether oxygens (including phenoxy) is 2. The Hall–Kier alpha value is -2.24. The zero-order chi connectivity index (χ0) is 19.2. The Labute approximate surface area is 155 Å². The number of piperidine rings is 1. The van der Waals surface area contributed by atoms with Crippen LogP contribution in [0.3, 0.4) is 0 Å². The quantitative estimate of drug-likeness (QED) is 0.858. The number of likely N-dealkylation sites (tertiary alicyclic amines) is 1. The number of hydrogen-bond donors (Lipinski definition) is 1. The fraction of sp³-hybridized carbons (Fsp3) is 0.600. The zero-order valence-corrected chi connectivity index (χ0v) is 16.2. The molecular weight excluding hydrogens is 332 g/mol. The van der Waals surface area contributed by atoms with Crippen LogP contribution in [0, 0.1) is 5.92 Å². The summed E-state index contributed by atoms with van der Waals surface area (Å²) >= 11 is 0. The fourth-order valence-electron chi connectivity index (χ4n) is 3.09. The molecule has 1 aromatic rings. The third-order valence-electron chi connectivity index (χ3n) is 4.33. The van der Waals surface area contributed by atoms with Crippen LogP contribution in [0.25, 0.3) is 0 Å². The number of nitrogens with one attached hydrogen (secondary N) is 1. The molecule has 1 N–H and O–H groups in total. The average Bonchev–Trinajstić information content (AvgIpc) is 2.59. The van der Waals surface area contributed by atoms with E-state index in [-0.39, 0.29) is 12.0 Å². The first-order valence-electron chi connectivity index (χ1n) is 9.19. The smallest absolute Gasteiger partial charge is 0.410 e. The van der Waals surface area contributed by atoms with Gasteiger partial charge in [0.05, 0.1) is 12.8 Å². The minimum atomic E-state index is -0.487. The minimum absolute atomic E-state index is 0.0381. The van der Waals surface area contributed by atoms with E-state index in [4.69, 9.17) is 9.47 Å². The van der Waals surface area contributed by atoms with Gasteiger partial charge in [-0.15, -0.1) is 0 Å². The third-order valence-corrected chi connectivity index (χ3v) is 4.33. The van der Waals surface area contributed by atoms with Crippen molar-refractivity contribution in [1.82, 2.24) is 4.90 Å². The molecule has 1 saturated heterocycles. The lowest BCUT2D eigenvalue weighted by atomic mass is 9.93. The van der Waals surface area contributed by atoms with Gasteiger partial charge in [0, 0.05) is 19.5 Å². The number of carbonyl (C=O) groups excluding carboxylic acids is 2. The van der Waals surface area contributed by atoms with Crippen LogP contribution < -0.4 is 10.1 Å². The third kappa shape index (κ3) is 6.24. The number of rotatable bonds is 5. The number of nitrogens with zero attached hydrogens (tertiary/aromatic N) is 1. The van der Waals surface area contributed by atoms with Gasteiger partial charge in [0.25, 0.3) is 0 Å². The van der Waals surface area contributed by atoms with Gasteiger partial charge in [-0.2, -0.15) is 0 Å². The van der Waals surface area contributed by atoms with E-state index in [0.717, 1.165) is 25.8 Å². The highest BCUT2D eigenvalue weighted by Gasteiger charge is 2.27. The zero-order valence-electron chi connectivity index (χ0n) is 16.2. The monoisotopic (exact) mass is 362 g/mol. The van der Waals surface area contributed by atoms with E-state index in [1.54, 1.807) is 12.0 Å². The van der Waals surface area contributed by atoms with Crippen LogP contribution in [-0.4, -0.2) is 42.7 Å². The molecule has 0 aliphatic carbocycles. The van der Waals surface area contributed by atoms with Crippen molar-refractivity contribution in [1.29, 1.82) is 0 Å². The van der Waals surface area contributed by atoms with Gasteiger partial charge in [-0.25, -0.2) is 4.79 Å². The van der Waals surface area contributed by atoms with E-state index in [9.17, 15) is 9.59 Å². The fourth-order valence-corrected chi connectivity index (χ4v) is 3.09. The van der Waals surface area contributed by atoms with Crippen LogP contribution >= 0.6 is 0 Å². The van der Waals surface area contributed by atoms with Gasteiger partial charge in [0.15, 0.2) is 0 Å². The van der Waals surface area contributed by atoms with E-state index < -0.39 is 5.60 Å². The topological polar surface area (TPSA) is 67.9 Å². The summed E-state index contributed by atoms with van der Waals surface area (Å²) in [5.41, 5.74) is 0.192. The van der Waals surface area contributed by atoms with Crippen molar-refractivity contribution in [3.05, 3.63) is 24.3 Å². The van der Waals surface area contributed by atoms with Crippen LogP contribution in [0.2, 0.25) is 0 Å². The summed E-state index contributed by atoms with van der Waals surface area (Å²) in [4.78, 5) is 26.2. The second-order valence-corrected chi connectivity index (χ2v) is 7.72. The van der Waals surface area contributed by atoms with Crippen LogP contribution in [0.5, 0.6) is 5.75 Å². The summed E-state index contributed by atoms with van der Waals surface area (Å²) in [5.74, 6) is 0.929. The molecule has 1 aromatic carbocycles. The molecule has 0 radical (unpaired) electrons. The lowest BCUT2D eigenvalue weighted by Crippen LogP contribution is -2.43. The molecule has 1 unspecified atom stereocenters. The van der Waals surface area contributed by atoms with Crippen molar-refractivity contribution < 1.29 is 19.1 Å². The Bertz CT molecular complexity index is 624. The van der Waals surface area contributed by atoms with Crippen LogP contribution in [0.15, 0.2) is 24.3 Å². The summed E-state index contributed by atoms with van der Waals surface area (Å²) in [6.07, 6.45) is 2.88. The van der Waals surface area contributed by atoms with E-state index in [1.165, 1.54) is 0 Å². The number of hydrogen-bond acceptors (Lipinski definition) is 4. The van der Waals surface area contributed by atoms with Crippen molar-refractivity contribution in [3.8, 4) is 5.75 Å². The molecule has 6 nitrogen and oxygen atoms in total. The molecule has 1 atom stereocenters. The van der Waals surface area contributed by atoms with Crippen molar-refractivity contribution in [2.24, 2.45) is 5.92 Å². The number of amides is 2. The molecule has 2 rings (SSSR count). The molecular formula is C20H30N2O4. The maximum Gasteiger partial charge on any atom is 0.410 e. The number of carbonyl (C=O) groups is 2. The normalized spacial score (nSPS) is 17.5. The maximum absolute atomic E-state index is 12.3. The second-order valence-electron chi connectivity index (χ2n) is 7.72. The van der Waals surface area contributed by atoms with Gasteiger partial charge in [0.2, 0.25) is 5.91 Å². The molecule has 2 amide bonds. The Morgan fingerprint density at radius 2 is 2.00 bits per heavy atom. The first-order chi connectivity index (χ1) is 12.3. The molecule has 0 aromatic heterocycles. The van der Waals surface area contributed by atoms with E-state index >= 15 is 0 Å². The lowest BCUT2D eigenvalue weighted by Gasteiger charge is -2.34. The Balaban J connectivity index is 1.81. The Morgan fingerprint density at radius 1 is 1.27 bits per heavy atom. The summed E-state index contributed by atoms with van der Waals surface area (Å²) in [5, 5.41) is 2.90. The van der Waals surface area contributed by atoms with Crippen molar-refractivity contribution >= 4 is 17.7 Å². The highest BCUT2D eigenvalue weighted by atomic mass is 16.6. The van der Waals surface area contributed by atoms with Crippen molar-refractivity contribution in [2.45, 2.75) is 52.1 Å². The van der Waals surface area contributed by atoms with Crippen LogP contribution in [-0.2, 0) is 9.53 Å². The van der Waals surface area contributed by atoms with Gasteiger partial charge < -0.3 is 19.7 Å².